The highest BCUT2D eigenvalue weighted by atomic mass is 16.3. The third-order valence-electron chi connectivity index (χ3n) is 3.44. The van der Waals surface area contributed by atoms with E-state index in [9.17, 15) is 10.2 Å². The molecule has 20 heavy (non-hydrogen) atoms. The summed E-state index contributed by atoms with van der Waals surface area (Å²) in [5.74, 6) is 0.864. The fraction of sp³-hybridized carbons (Fsp3) is 0.294. The predicted molar refractivity (Wildman–Crippen MR) is 83.1 cm³/mol. The van der Waals surface area contributed by atoms with Crippen LogP contribution in [-0.2, 0) is 0 Å². The van der Waals surface area contributed by atoms with Crippen LogP contribution in [0.15, 0.2) is 30.3 Å². The van der Waals surface area contributed by atoms with Crippen molar-refractivity contribution < 1.29 is 10.2 Å². The number of rotatable bonds is 3. The largest absolute Gasteiger partial charge is 0.508 e. The summed E-state index contributed by atoms with van der Waals surface area (Å²) >= 11 is 0. The molecule has 0 fully saturated rings. The highest BCUT2D eigenvalue weighted by molar-refractivity contribution is 5.69. The summed E-state index contributed by atoms with van der Waals surface area (Å²) in [4.78, 5) is 0. The van der Waals surface area contributed by atoms with Crippen molar-refractivity contribution in [1.82, 2.24) is 0 Å². The Bertz CT molecular complexity index is 610. The number of hydrogen-bond donors (Lipinski definition) is 3. The Morgan fingerprint density at radius 3 is 2.10 bits per heavy atom. The van der Waals surface area contributed by atoms with E-state index in [-0.39, 0.29) is 11.7 Å². The summed E-state index contributed by atoms with van der Waals surface area (Å²) in [5.41, 5.74) is 4.82. The van der Waals surface area contributed by atoms with Gasteiger partial charge in [0.15, 0.2) is 0 Å². The lowest BCUT2D eigenvalue weighted by molar-refractivity contribution is 0.465. The quantitative estimate of drug-likeness (QED) is 0.716. The lowest BCUT2D eigenvalue weighted by Gasteiger charge is -2.16. The molecule has 0 radical (unpaired) electrons. The van der Waals surface area contributed by atoms with Gasteiger partial charge in [-0.05, 0) is 66.8 Å². The van der Waals surface area contributed by atoms with Gasteiger partial charge in [0.25, 0.3) is 0 Å². The highest BCUT2D eigenvalue weighted by Crippen LogP contribution is 2.32. The van der Waals surface area contributed by atoms with Gasteiger partial charge < -0.3 is 15.5 Å². The lowest BCUT2D eigenvalue weighted by Crippen LogP contribution is -1.98. The van der Waals surface area contributed by atoms with E-state index in [0.29, 0.717) is 5.75 Å². The van der Waals surface area contributed by atoms with Crippen LogP contribution in [0.1, 0.15) is 36.5 Å². The van der Waals surface area contributed by atoms with E-state index in [1.54, 1.807) is 18.2 Å². The SMILES string of the molecule is Cc1cc(O)cc(C)c1Nc1ccc(O)c(C(C)C)c1. The molecule has 0 bridgehead atoms. The van der Waals surface area contributed by atoms with E-state index >= 15 is 0 Å². The molecule has 2 aromatic rings. The maximum absolute atomic E-state index is 9.86. The number of anilines is 2. The number of benzene rings is 2. The summed E-state index contributed by atoms with van der Waals surface area (Å²) < 4.78 is 0. The second-order valence-electron chi connectivity index (χ2n) is 5.51. The zero-order valence-electron chi connectivity index (χ0n) is 12.4. The van der Waals surface area contributed by atoms with Crippen LogP contribution in [-0.4, -0.2) is 10.2 Å². The minimum atomic E-state index is 0.263. The molecule has 0 aromatic heterocycles. The van der Waals surface area contributed by atoms with Crippen LogP contribution in [0.25, 0.3) is 0 Å². The van der Waals surface area contributed by atoms with Crippen LogP contribution in [0.5, 0.6) is 11.5 Å². The molecule has 0 aliphatic carbocycles. The smallest absolute Gasteiger partial charge is 0.119 e. The molecule has 3 heteroatoms. The van der Waals surface area contributed by atoms with E-state index in [4.69, 9.17) is 0 Å². The molecular formula is C17H21NO2. The number of nitrogens with one attached hydrogen (secondary N) is 1. The van der Waals surface area contributed by atoms with Crippen LogP contribution in [0, 0.1) is 13.8 Å². The van der Waals surface area contributed by atoms with Gasteiger partial charge in [-0.3, -0.25) is 0 Å². The molecule has 0 aliphatic rings. The summed E-state index contributed by atoms with van der Waals surface area (Å²) in [6.45, 7) is 8.02. The fourth-order valence-electron chi connectivity index (χ4n) is 2.38. The van der Waals surface area contributed by atoms with Crippen molar-refractivity contribution in [2.24, 2.45) is 0 Å². The topological polar surface area (TPSA) is 52.5 Å². The zero-order valence-corrected chi connectivity index (χ0v) is 12.4. The Labute approximate surface area is 119 Å². The Kier molecular flexibility index (Phi) is 3.89. The second-order valence-corrected chi connectivity index (χ2v) is 5.51. The van der Waals surface area contributed by atoms with Crippen molar-refractivity contribution in [3.05, 3.63) is 47.0 Å². The van der Waals surface area contributed by atoms with E-state index in [0.717, 1.165) is 28.1 Å². The zero-order chi connectivity index (χ0) is 14.9. The van der Waals surface area contributed by atoms with Crippen molar-refractivity contribution >= 4 is 11.4 Å². The van der Waals surface area contributed by atoms with Gasteiger partial charge in [-0.25, -0.2) is 0 Å². The summed E-state index contributed by atoms with van der Waals surface area (Å²) in [6.07, 6.45) is 0. The predicted octanol–water partition coefficient (Wildman–Crippen LogP) is 4.58. The summed E-state index contributed by atoms with van der Waals surface area (Å²) in [5, 5.41) is 22.8. The molecule has 0 saturated carbocycles. The molecule has 2 aromatic carbocycles. The highest BCUT2D eigenvalue weighted by Gasteiger charge is 2.09. The maximum Gasteiger partial charge on any atom is 0.119 e. The number of phenolic OH excluding ortho intramolecular Hbond substituents is 2. The first kappa shape index (κ1) is 14.3. The minimum absolute atomic E-state index is 0.263. The third-order valence-corrected chi connectivity index (χ3v) is 3.44. The Morgan fingerprint density at radius 2 is 1.55 bits per heavy atom. The Morgan fingerprint density at radius 1 is 0.950 bits per heavy atom. The first-order valence-corrected chi connectivity index (χ1v) is 6.78. The molecule has 2 rings (SSSR count). The number of phenols is 2. The maximum atomic E-state index is 9.86. The molecule has 0 heterocycles. The van der Waals surface area contributed by atoms with Gasteiger partial charge in [-0.2, -0.15) is 0 Å². The molecule has 3 N–H and O–H groups in total. The van der Waals surface area contributed by atoms with E-state index in [1.165, 1.54) is 0 Å². The third kappa shape index (κ3) is 2.87. The molecule has 0 amide bonds. The Hall–Kier alpha value is -2.16. The standard InChI is InChI=1S/C17H21NO2/c1-10(2)15-9-13(5-6-16(15)20)18-17-11(3)7-14(19)8-12(17)4/h5-10,18-20H,1-4H3. The molecule has 0 atom stereocenters. The van der Waals surface area contributed by atoms with Gasteiger partial charge in [0.1, 0.15) is 11.5 Å². The monoisotopic (exact) mass is 271 g/mol. The van der Waals surface area contributed by atoms with Crippen molar-refractivity contribution in [3.8, 4) is 11.5 Å². The number of aryl methyl sites for hydroxylation is 2. The van der Waals surface area contributed by atoms with Gasteiger partial charge in [-0.15, -0.1) is 0 Å². The average molecular weight is 271 g/mol. The van der Waals surface area contributed by atoms with Crippen molar-refractivity contribution in [2.75, 3.05) is 5.32 Å². The van der Waals surface area contributed by atoms with Gasteiger partial charge in [-0.1, -0.05) is 13.8 Å². The van der Waals surface area contributed by atoms with Gasteiger partial charge in [0, 0.05) is 11.4 Å². The average Bonchev–Trinajstić information content (AvgIpc) is 2.35. The molecule has 0 saturated heterocycles. The lowest BCUT2D eigenvalue weighted by atomic mass is 10.0. The van der Waals surface area contributed by atoms with E-state index in [1.807, 2.05) is 26.0 Å². The van der Waals surface area contributed by atoms with Gasteiger partial charge in [0.05, 0.1) is 0 Å². The van der Waals surface area contributed by atoms with Gasteiger partial charge >= 0.3 is 0 Å². The normalized spacial score (nSPS) is 10.8. The first-order chi connectivity index (χ1) is 9.38. The van der Waals surface area contributed by atoms with Crippen molar-refractivity contribution in [3.63, 3.8) is 0 Å². The molecular weight excluding hydrogens is 250 g/mol. The van der Waals surface area contributed by atoms with Crippen LogP contribution < -0.4 is 5.32 Å². The number of hydrogen-bond acceptors (Lipinski definition) is 3. The summed E-state index contributed by atoms with van der Waals surface area (Å²) in [7, 11) is 0. The second kappa shape index (κ2) is 5.45. The first-order valence-electron chi connectivity index (χ1n) is 6.78. The molecule has 0 unspecified atom stereocenters. The van der Waals surface area contributed by atoms with Crippen LogP contribution in [0.4, 0.5) is 11.4 Å². The molecule has 3 nitrogen and oxygen atoms in total. The fourth-order valence-corrected chi connectivity index (χ4v) is 2.38. The van der Waals surface area contributed by atoms with E-state index < -0.39 is 0 Å². The van der Waals surface area contributed by atoms with Crippen molar-refractivity contribution in [2.45, 2.75) is 33.6 Å². The van der Waals surface area contributed by atoms with Crippen molar-refractivity contribution in [1.29, 1.82) is 0 Å². The van der Waals surface area contributed by atoms with Crippen LogP contribution in [0.3, 0.4) is 0 Å². The minimum Gasteiger partial charge on any atom is -0.508 e. The van der Waals surface area contributed by atoms with Crippen LogP contribution in [0.2, 0.25) is 0 Å². The molecule has 106 valence electrons. The molecule has 0 spiro atoms. The molecule has 0 aliphatic heterocycles. The van der Waals surface area contributed by atoms with Crippen LogP contribution >= 0.6 is 0 Å². The van der Waals surface area contributed by atoms with Gasteiger partial charge in [0.2, 0.25) is 0 Å². The summed E-state index contributed by atoms with van der Waals surface area (Å²) in [6, 6.07) is 9.00. The Balaban J connectivity index is 2.38. The van der Waals surface area contributed by atoms with E-state index in [2.05, 4.69) is 19.2 Å². The number of aromatic hydroxyl groups is 2.